The van der Waals surface area contributed by atoms with Gasteiger partial charge in [-0.15, -0.1) is 0 Å². The third-order valence-corrected chi connectivity index (χ3v) is 4.05. The minimum atomic E-state index is -0.164. The Kier molecular flexibility index (Phi) is 5.02. The molecule has 1 N–H and O–H groups in total. The molecule has 0 aliphatic carbocycles. The fourth-order valence-corrected chi connectivity index (χ4v) is 2.24. The van der Waals surface area contributed by atoms with Crippen LogP contribution in [0.2, 0.25) is 0 Å². The van der Waals surface area contributed by atoms with Crippen molar-refractivity contribution in [2.24, 2.45) is 0 Å². The molecule has 0 unspecified atom stereocenters. The van der Waals surface area contributed by atoms with E-state index in [1.165, 1.54) is 5.56 Å². The number of hydrogen-bond acceptors (Lipinski definition) is 2. The van der Waals surface area contributed by atoms with E-state index in [0.717, 1.165) is 21.3 Å². The van der Waals surface area contributed by atoms with Crippen molar-refractivity contribution >= 4 is 27.5 Å². The lowest BCUT2D eigenvalue weighted by molar-refractivity contribution is -0.118. The van der Waals surface area contributed by atoms with Gasteiger partial charge in [0.25, 0.3) is 5.91 Å². The van der Waals surface area contributed by atoms with Crippen molar-refractivity contribution in [3.8, 4) is 5.75 Å². The Morgan fingerprint density at radius 2 is 1.86 bits per heavy atom. The molecule has 0 spiro atoms. The van der Waals surface area contributed by atoms with Crippen LogP contribution in [0.5, 0.6) is 5.75 Å². The van der Waals surface area contributed by atoms with Crippen LogP contribution in [0.3, 0.4) is 0 Å². The molecule has 110 valence electrons. The van der Waals surface area contributed by atoms with Crippen molar-refractivity contribution in [2.75, 3.05) is 11.9 Å². The van der Waals surface area contributed by atoms with Gasteiger partial charge in [-0.2, -0.15) is 0 Å². The molecule has 21 heavy (non-hydrogen) atoms. The Labute approximate surface area is 133 Å². The second kappa shape index (κ2) is 6.76. The molecule has 2 rings (SSSR count). The molecule has 1 amide bonds. The van der Waals surface area contributed by atoms with Crippen molar-refractivity contribution in [1.29, 1.82) is 0 Å². The second-order valence-corrected chi connectivity index (χ2v) is 5.92. The lowest BCUT2D eigenvalue weighted by atomic mass is 10.1. The van der Waals surface area contributed by atoms with E-state index in [-0.39, 0.29) is 12.5 Å². The summed E-state index contributed by atoms with van der Waals surface area (Å²) in [6.45, 7) is 5.97. The summed E-state index contributed by atoms with van der Waals surface area (Å²) in [5, 5.41) is 2.86. The Morgan fingerprint density at radius 3 is 2.52 bits per heavy atom. The highest BCUT2D eigenvalue weighted by atomic mass is 79.9. The van der Waals surface area contributed by atoms with Gasteiger partial charge in [0.15, 0.2) is 6.61 Å². The summed E-state index contributed by atoms with van der Waals surface area (Å²) in [5.74, 6) is 0.522. The predicted octanol–water partition coefficient (Wildman–Crippen LogP) is 4.39. The third-order valence-electron chi connectivity index (χ3n) is 3.16. The van der Waals surface area contributed by atoms with Gasteiger partial charge in [-0.3, -0.25) is 4.79 Å². The van der Waals surface area contributed by atoms with Crippen LogP contribution in [0.1, 0.15) is 16.7 Å². The Morgan fingerprint density at radius 1 is 1.10 bits per heavy atom. The van der Waals surface area contributed by atoms with Crippen LogP contribution < -0.4 is 10.1 Å². The maximum atomic E-state index is 11.9. The molecule has 0 atom stereocenters. The number of carbonyl (C=O) groups excluding carboxylic acids is 1. The third kappa shape index (κ3) is 4.33. The summed E-state index contributed by atoms with van der Waals surface area (Å²) in [6, 6.07) is 11.6. The van der Waals surface area contributed by atoms with E-state index in [0.29, 0.717) is 5.75 Å². The standard InChI is InChI=1S/C17H18BrNO2/c1-11-4-7-16(13(3)8-11)19-17(20)10-21-14-5-6-15(18)12(2)9-14/h4-9H,10H2,1-3H3,(H,19,20). The second-order valence-electron chi connectivity index (χ2n) is 5.07. The number of nitrogens with one attached hydrogen (secondary N) is 1. The molecule has 0 saturated carbocycles. The van der Waals surface area contributed by atoms with Gasteiger partial charge in [0.1, 0.15) is 5.75 Å². The first-order chi connectivity index (χ1) is 9.95. The maximum absolute atomic E-state index is 11.9. The van der Waals surface area contributed by atoms with Crippen molar-refractivity contribution in [1.82, 2.24) is 0 Å². The number of aryl methyl sites for hydroxylation is 3. The first kappa shape index (κ1) is 15.6. The van der Waals surface area contributed by atoms with E-state index in [1.54, 1.807) is 0 Å². The Bertz CT molecular complexity index is 668. The molecule has 0 aliphatic heterocycles. The summed E-state index contributed by atoms with van der Waals surface area (Å²) in [5.41, 5.74) is 4.11. The predicted molar refractivity (Wildman–Crippen MR) is 88.9 cm³/mol. The molecule has 0 fully saturated rings. The van der Waals surface area contributed by atoms with E-state index in [2.05, 4.69) is 21.2 Å². The van der Waals surface area contributed by atoms with Crippen LogP contribution in [0.25, 0.3) is 0 Å². The minimum absolute atomic E-state index is 0.00557. The van der Waals surface area contributed by atoms with Gasteiger partial charge in [-0.25, -0.2) is 0 Å². The molecular weight excluding hydrogens is 330 g/mol. The summed E-state index contributed by atoms with van der Waals surface area (Å²) in [4.78, 5) is 11.9. The fraction of sp³-hybridized carbons (Fsp3) is 0.235. The molecule has 2 aromatic carbocycles. The molecule has 0 aliphatic rings. The smallest absolute Gasteiger partial charge is 0.262 e. The van der Waals surface area contributed by atoms with E-state index in [9.17, 15) is 4.79 Å². The average molecular weight is 348 g/mol. The van der Waals surface area contributed by atoms with Crippen molar-refractivity contribution in [3.05, 3.63) is 57.6 Å². The highest BCUT2D eigenvalue weighted by Crippen LogP contribution is 2.21. The van der Waals surface area contributed by atoms with E-state index in [4.69, 9.17) is 4.74 Å². The van der Waals surface area contributed by atoms with Gasteiger partial charge >= 0.3 is 0 Å². The van der Waals surface area contributed by atoms with Gasteiger partial charge in [0.05, 0.1) is 0 Å². The summed E-state index contributed by atoms with van der Waals surface area (Å²) >= 11 is 3.43. The van der Waals surface area contributed by atoms with Crippen LogP contribution in [0.4, 0.5) is 5.69 Å². The van der Waals surface area contributed by atoms with Gasteiger partial charge in [-0.05, 0) is 56.2 Å². The number of hydrogen-bond donors (Lipinski definition) is 1. The minimum Gasteiger partial charge on any atom is -0.484 e. The molecule has 0 bridgehead atoms. The summed E-state index contributed by atoms with van der Waals surface area (Å²) in [6.07, 6.45) is 0. The van der Waals surface area contributed by atoms with Crippen LogP contribution in [-0.2, 0) is 4.79 Å². The normalized spacial score (nSPS) is 10.3. The highest BCUT2D eigenvalue weighted by Gasteiger charge is 2.06. The van der Waals surface area contributed by atoms with Gasteiger partial charge in [0, 0.05) is 10.2 Å². The molecule has 2 aromatic rings. The van der Waals surface area contributed by atoms with Gasteiger partial charge < -0.3 is 10.1 Å². The largest absolute Gasteiger partial charge is 0.484 e. The van der Waals surface area contributed by atoms with Gasteiger partial charge in [-0.1, -0.05) is 33.6 Å². The lowest BCUT2D eigenvalue weighted by Crippen LogP contribution is -2.20. The number of halogens is 1. The summed E-state index contributed by atoms with van der Waals surface area (Å²) in [7, 11) is 0. The topological polar surface area (TPSA) is 38.3 Å². The fourth-order valence-electron chi connectivity index (χ4n) is 2.00. The Balaban J connectivity index is 1.94. The Hall–Kier alpha value is -1.81. The molecule has 4 heteroatoms. The first-order valence-electron chi connectivity index (χ1n) is 6.72. The highest BCUT2D eigenvalue weighted by molar-refractivity contribution is 9.10. The van der Waals surface area contributed by atoms with E-state index < -0.39 is 0 Å². The number of amides is 1. The van der Waals surface area contributed by atoms with Crippen molar-refractivity contribution in [2.45, 2.75) is 20.8 Å². The number of rotatable bonds is 4. The molecule has 0 aromatic heterocycles. The quantitative estimate of drug-likeness (QED) is 0.890. The summed E-state index contributed by atoms with van der Waals surface area (Å²) < 4.78 is 6.53. The number of anilines is 1. The zero-order chi connectivity index (χ0) is 15.4. The van der Waals surface area contributed by atoms with Crippen molar-refractivity contribution in [3.63, 3.8) is 0 Å². The molecular formula is C17H18BrNO2. The average Bonchev–Trinajstić information content (AvgIpc) is 2.43. The number of benzene rings is 2. The van der Waals surface area contributed by atoms with Crippen molar-refractivity contribution < 1.29 is 9.53 Å². The number of carbonyl (C=O) groups is 1. The lowest BCUT2D eigenvalue weighted by Gasteiger charge is -2.11. The van der Waals surface area contributed by atoms with E-state index >= 15 is 0 Å². The zero-order valence-electron chi connectivity index (χ0n) is 12.4. The molecule has 0 saturated heterocycles. The van der Waals surface area contributed by atoms with Crippen LogP contribution in [-0.4, -0.2) is 12.5 Å². The van der Waals surface area contributed by atoms with Crippen LogP contribution >= 0.6 is 15.9 Å². The molecule has 0 heterocycles. The number of ether oxygens (including phenoxy) is 1. The maximum Gasteiger partial charge on any atom is 0.262 e. The molecule has 3 nitrogen and oxygen atoms in total. The first-order valence-corrected chi connectivity index (χ1v) is 7.51. The molecule has 0 radical (unpaired) electrons. The zero-order valence-corrected chi connectivity index (χ0v) is 14.0. The van der Waals surface area contributed by atoms with Crippen LogP contribution in [0.15, 0.2) is 40.9 Å². The van der Waals surface area contributed by atoms with E-state index in [1.807, 2.05) is 57.2 Å². The van der Waals surface area contributed by atoms with Crippen LogP contribution in [0, 0.1) is 20.8 Å². The SMILES string of the molecule is Cc1ccc(NC(=O)COc2ccc(Br)c(C)c2)c(C)c1. The van der Waals surface area contributed by atoms with Gasteiger partial charge in [0.2, 0.25) is 0 Å². The monoisotopic (exact) mass is 347 g/mol.